The van der Waals surface area contributed by atoms with Crippen molar-refractivity contribution in [2.75, 3.05) is 6.61 Å². The fourth-order valence-corrected chi connectivity index (χ4v) is 3.47. The lowest BCUT2D eigenvalue weighted by Crippen LogP contribution is -2.50. The predicted octanol–water partition coefficient (Wildman–Crippen LogP) is 4.98. The van der Waals surface area contributed by atoms with Crippen LogP contribution in [0.3, 0.4) is 0 Å². The fraction of sp³-hybridized carbons (Fsp3) is 0.440. The van der Waals surface area contributed by atoms with Crippen LogP contribution in [0.25, 0.3) is 0 Å². The van der Waals surface area contributed by atoms with Crippen LogP contribution in [-0.4, -0.2) is 35.4 Å². The highest BCUT2D eigenvalue weighted by molar-refractivity contribution is 6.30. The maximum atomic E-state index is 13.2. The third-order valence-corrected chi connectivity index (χ3v) is 5.76. The van der Waals surface area contributed by atoms with Crippen LogP contribution in [-0.2, 0) is 16.1 Å². The van der Waals surface area contributed by atoms with Gasteiger partial charge in [-0.1, -0.05) is 36.7 Å². The summed E-state index contributed by atoms with van der Waals surface area (Å²) in [5.41, 5.74) is 4.04. The molecule has 5 nitrogen and oxygen atoms in total. The standard InChI is InChI=1S/C25H33ClN2O3/c1-7-18(4)27-25(30)20(6)28(14-21-9-8-10-22(26)13-21)24(29)15-31-23-12-16(2)11-17(3)19(23)5/h8-13,18,20H,7,14-15H2,1-6H3,(H,27,30)/t18-,20-/m0/s1. The minimum Gasteiger partial charge on any atom is -0.483 e. The lowest BCUT2D eigenvalue weighted by Gasteiger charge is -2.29. The van der Waals surface area contributed by atoms with Crippen LogP contribution < -0.4 is 10.1 Å². The monoisotopic (exact) mass is 444 g/mol. The molecule has 31 heavy (non-hydrogen) atoms. The zero-order valence-corrected chi connectivity index (χ0v) is 20.0. The highest BCUT2D eigenvalue weighted by Crippen LogP contribution is 2.23. The molecule has 0 heterocycles. The van der Waals surface area contributed by atoms with Gasteiger partial charge in [-0.2, -0.15) is 0 Å². The van der Waals surface area contributed by atoms with E-state index in [4.69, 9.17) is 16.3 Å². The lowest BCUT2D eigenvalue weighted by molar-refractivity contribution is -0.142. The van der Waals surface area contributed by atoms with Crippen molar-refractivity contribution in [2.45, 2.75) is 66.6 Å². The Morgan fingerprint density at radius 1 is 1.13 bits per heavy atom. The minimum atomic E-state index is -0.649. The first kappa shape index (κ1) is 24.7. The van der Waals surface area contributed by atoms with Gasteiger partial charge < -0.3 is 15.0 Å². The third kappa shape index (κ3) is 7.00. The van der Waals surface area contributed by atoms with E-state index in [-0.39, 0.29) is 31.0 Å². The molecule has 2 rings (SSSR count). The second kappa shape index (κ2) is 11.2. The van der Waals surface area contributed by atoms with Gasteiger partial charge in [-0.05, 0) is 81.5 Å². The Labute approximate surface area is 190 Å². The number of ether oxygens (including phenoxy) is 1. The molecule has 0 aliphatic rings. The minimum absolute atomic E-state index is 0.0345. The summed E-state index contributed by atoms with van der Waals surface area (Å²) in [6.07, 6.45) is 0.815. The van der Waals surface area contributed by atoms with Gasteiger partial charge in [0.2, 0.25) is 5.91 Å². The van der Waals surface area contributed by atoms with Crippen LogP contribution in [0.1, 0.15) is 49.4 Å². The van der Waals surface area contributed by atoms with Crippen LogP contribution >= 0.6 is 11.6 Å². The maximum absolute atomic E-state index is 13.2. The molecule has 1 N–H and O–H groups in total. The number of amides is 2. The average molecular weight is 445 g/mol. The summed E-state index contributed by atoms with van der Waals surface area (Å²) in [5, 5.41) is 3.55. The Hall–Kier alpha value is -2.53. The second-order valence-electron chi connectivity index (χ2n) is 8.14. The van der Waals surface area contributed by atoms with Crippen molar-refractivity contribution in [1.29, 1.82) is 0 Å². The van der Waals surface area contributed by atoms with Crippen LogP contribution in [0, 0.1) is 20.8 Å². The van der Waals surface area contributed by atoms with Crippen LogP contribution in [0.15, 0.2) is 36.4 Å². The molecule has 0 bridgehead atoms. The molecule has 0 aromatic heterocycles. The molecule has 0 spiro atoms. The van der Waals surface area contributed by atoms with E-state index in [2.05, 4.69) is 11.4 Å². The molecule has 0 fully saturated rings. The summed E-state index contributed by atoms with van der Waals surface area (Å²) in [4.78, 5) is 27.5. The molecule has 2 amide bonds. The number of aryl methyl sites for hydroxylation is 2. The number of benzene rings is 2. The lowest BCUT2D eigenvalue weighted by atomic mass is 10.1. The normalized spacial score (nSPS) is 12.7. The third-order valence-electron chi connectivity index (χ3n) is 5.53. The maximum Gasteiger partial charge on any atom is 0.261 e. The summed E-state index contributed by atoms with van der Waals surface area (Å²) in [6, 6.07) is 10.7. The number of hydrogen-bond acceptors (Lipinski definition) is 3. The number of carbonyl (C=O) groups excluding carboxylic acids is 2. The number of halogens is 1. The topological polar surface area (TPSA) is 58.6 Å². The fourth-order valence-electron chi connectivity index (χ4n) is 3.25. The van der Waals surface area contributed by atoms with Crippen molar-refractivity contribution in [3.05, 3.63) is 63.7 Å². The molecule has 0 saturated carbocycles. The second-order valence-corrected chi connectivity index (χ2v) is 8.58. The first-order chi connectivity index (χ1) is 14.6. The number of hydrogen-bond donors (Lipinski definition) is 1. The summed E-state index contributed by atoms with van der Waals surface area (Å²) in [5.74, 6) is 0.239. The number of carbonyl (C=O) groups is 2. The highest BCUT2D eigenvalue weighted by Gasteiger charge is 2.27. The molecule has 0 aliphatic carbocycles. The van der Waals surface area contributed by atoms with Crippen LogP contribution in [0.4, 0.5) is 0 Å². The van der Waals surface area contributed by atoms with Gasteiger partial charge in [-0.3, -0.25) is 9.59 Å². The summed E-state index contributed by atoms with van der Waals surface area (Å²) < 4.78 is 5.89. The SMILES string of the molecule is CC[C@H](C)NC(=O)[C@H](C)N(Cc1cccc(Cl)c1)C(=O)COc1cc(C)cc(C)c1C. The van der Waals surface area contributed by atoms with E-state index in [9.17, 15) is 9.59 Å². The van der Waals surface area contributed by atoms with Gasteiger partial charge in [0.05, 0.1) is 0 Å². The Morgan fingerprint density at radius 3 is 2.48 bits per heavy atom. The molecule has 2 aromatic carbocycles. The largest absolute Gasteiger partial charge is 0.483 e. The number of rotatable bonds is 9. The Balaban J connectivity index is 2.22. The van der Waals surface area contributed by atoms with Crippen molar-refractivity contribution in [2.24, 2.45) is 0 Å². The van der Waals surface area contributed by atoms with Crippen LogP contribution in [0.2, 0.25) is 5.02 Å². The molecular weight excluding hydrogens is 412 g/mol. The molecular formula is C25H33ClN2O3. The van der Waals surface area contributed by atoms with E-state index in [0.717, 1.165) is 28.7 Å². The Morgan fingerprint density at radius 2 is 1.84 bits per heavy atom. The first-order valence-electron chi connectivity index (χ1n) is 10.7. The Kier molecular flexibility index (Phi) is 8.93. The summed E-state index contributed by atoms with van der Waals surface area (Å²) in [7, 11) is 0. The van der Waals surface area contributed by atoms with Crippen molar-refractivity contribution in [1.82, 2.24) is 10.2 Å². The zero-order valence-electron chi connectivity index (χ0n) is 19.3. The average Bonchev–Trinajstić information content (AvgIpc) is 2.72. The van der Waals surface area contributed by atoms with Gasteiger partial charge in [0.1, 0.15) is 11.8 Å². The van der Waals surface area contributed by atoms with E-state index >= 15 is 0 Å². The van der Waals surface area contributed by atoms with Gasteiger partial charge in [-0.15, -0.1) is 0 Å². The smallest absolute Gasteiger partial charge is 0.261 e. The quantitative estimate of drug-likeness (QED) is 0.593. The molecule has 0 aliphatic heterocycles. The van der Waals surface area contributed by atoms with Gasteiger partial charge in [0.15, 0.2) is 6.61 Å². The summed E-state index contributed by atoms with van der Waals surface area (Å²) in [6.45, 7) is 11.8. The van der Waals surface area contributed by atoms with Gasteiger partial charge in [0, 0.05) is 17.6 Å². The molecule has 0 saturated heterocycles. The van der Waals surface area contributed by atoms with E-state index in [0.29, 0.717) is 10.8 Å². The van der Waals surface area contributed by atoms with Crippen molar-refractivity contribution >= 4 is 23.4 Å². The molecule has 2 aromatic rings. The van der Waals surface area contributed by atoms with Gasteiger partial charge in [0.25, 0.3) is 5.91 Å². The molecule has 0 unspecified atom stereocenters. The number of nitrogens with one attached hydrogen (secondary N) is 1. The summed E-state index contributed by atoms with van der Waals surface area (Å²) >= 11 is 6.12. The molecule has 0 radical (unpaired) electrons. The molecule has 168 valence electrons. The van der Waals surface area contributed by atoms with Gasteiger partial charge >= 0.3 is 0 Å². The van der Waals surface area contributed by atoms with Crippen LogP contribution in [0.5, 0.6) is 5.75 Å². The highest BCUT2D eigenvalue weighted by atomic mass is 35.5. The molecule has 6 heteroatoms. The van der Waals surface area contributed by atoms with Crippen molar-refractivity contribution in [3.8, 4) is 5.75 Å². The van der Waals surface area contributed by atoms with Gasteiger partial charge in [-0.25, -0.2) is 0 Å². The number of nitrogens with zero attached hydrogens (tertiary/aromatic N) is 1. The predicted molar refractivity (Wildman–Crippen MR) is 126 cm³/mol. The zero-order chi connectivity index (χ0) is 23.1. The Bertz CT molecular complexity index is 929. The molecule has 2 atom stereocenters. The van der Waals surface area contributed by atoms with Crippen molar-refractivity contribution in [3.63, 3.8) is 0 Å². The van der Waals surface area contributed by atoms with E-state index < -0.39 is 6.04 Å². The first-order valence-corrected chi connectivity index (χ1v) is 11.0. The van der Waals surface area contributed by atoms with E-state index in [1.54, 1.807) is 24.0 Å². The van der Waals surface area contributed by atoms with E-state index in [1.807, 2.05) is 52.8 Å². The van der Waals surface area contributed by atoms with E-state index in [1.165, 1.54) is 0 Å². The van der Waals surface area contributed by atoms with Crippen molar-refractivity contribution < 1.29 is 14.3 Å².